The average Bonchev–Trinajstić information content (AvgIpc) is 3.24. The van der Waals surface area contributed by atoms with Crippen molar-refractivity contribution in [2.45, 2.75) is 6.54 Å². The number of fused-ring (bicyclic) bond motifs is 1. The van der Waals surface area contributed by atoms with Crippen LogP contribution in [0.1, 0.15) is 5.76 Å². The van der Waals surface area contributed by atoms with Crippen molar-refractivity contribution >= 4 is 16.9 Å². The van der Waals surface area contributed by atoms with Gasteiger partial charge in [-0.3, -0.25) is 0 Å². The molecule has 4 rings (SSSR count). The summed E-state index contributed by atoms with van der Waals surface area (Å²) in [5.41, 5.74) is 1.48. The van der Waals surface area contributed by atoms with Gasteiger partial charge in [0.05, 0.1) is 19.0 Å². The number of para-hydroxylation sites is 1. The molecule has 0 fully saturated rings. The highest BCUT2D eigenvalue weighted by Gasteiger charge is 2.12. The molecule has 0 unspecified atom stereocenters. The van der Waals surface area contributed by atoms with Crippen LogP contribution in [0.2, 0.25) is 0 Å². The van der Waals surface area contributed by atoms with Gasteiger partial charge in [-0.2, -0.15) is 5.10 Å². The highest BCUT2D eigenvalue weighted by Crippen LogP contribution is 2.26. The van der Waals surface area contributed by atoms with Crippen LogP contribution in [0.4, 0.5) is 5.95 Å². The molecular weight excluding hydrogens is 292 g/mol. The maximum atomic E-state index is 5.83. The fraction of sp³-hybridized carbons (Fsp3) is 0.118. The number of hydrogen-bond donors (Lipinski definition) is 0. The number of rotatable bonds is 4. The summed E-state index contributed by atoms with van der Waals surface area (Å²) < 4.78 is 11.2. The molecular formula is C17H14N4O2. The first-order valence-corrected chi connectivity index (χ1v) is 7.22. The molecule has 0 aliphatic rings. The summed E-state index contributed by atoms with van der Waals surface area (Å²) in [5, 5.41) is 9.15. The number of anilines is 1. The zero-order valence-electron chi connectivity index (χ0n) is 12.5. The predicted molar refractivity (Wildman–Crippen MR) is 85.9 cm³/mol. The molecule has 0 aliphatic heterocycles. The monoisotopic (exact) mass is 306 g/mol. The van der Waals surface area contributed by atoms with Crippen LogP contribution in [0, 0.1) is 0 Å². The molecule has 0 bridgehead atoms. The van der Waals surface area contributed by atoms with Gasteiger partial charge in [0.25, 0.3) is 0 Å². The number of furan rings is 2. The van der Waals surface area contributed by atoms with Gasteiger partial charge in [0, 0.05) is 12.4 Å². The van der Waals surface area contributed by atoms with E-state index in [1.54, 1.807) is 12.5 Å². The number of benzene rings is 1. The second-order valence-corrected chi connectivity index (χ2v) is 5.23. The number of nitrogens with zero attached hydrogens (tertiary/aromatic N) is 4. The van der Waals surface area contributed by atoms with Gasteiger partial charge in [0.15, 0.2) is 5.76 Å². The van der Waals surface area contributed by atoms with E-state index in [2.05, 4.69) is 15.2 Å². The van der Waals surface area contributed by atoms with E-state index in [4.69, 9.17) is 8.83 Å². The summed E-state index contributed by atoms with van der Waals surface area (Å²) >= 11 is 0. The van der Waals surface area contributed by atoms with E-state index in [9.17, 15) is 0 Å². The van der Waals surface area contributed by atoms with Crippen LogP contribution in [0.5, 0.6) is 0 Å². The summed E-state index contributed by atoms with van der Waals surface area (Å²) in [5.74, 6) is 2.03. The van der Waals surface area contributed by atoms with Gasteiger partial charge in [-0.25, -0.2) is 4.98 Å². The molecule has 0 aliphatic carbocycles. The topological polar surface area (TPSA) is 68.2 Å². The Morgan fingerprint density at radius 3 is 2.87 bits per heavy atom. The Hall–Kier alpha value is -3.15. The van der Waals surface area contributed by atoms with Gasteiger partial charge >= 0.3 is 0 Å². The first-order valence-electron chi connectivity index (χ1n) is 7.22. The molecule has 3 heterocycles. The zero-order chi connectivity index (χ0) is 15.6. The van der Waals surface area contributed by atoms with Gasteiger partial charge in [0.1, 0.15) is 17.0 Å². The van der Waals surface area contributed by atoms with E-state index in [1.165, 1.54) is 0 Å². The minimum absolute atomic E-state index is 0.513. The Balaban J connectivity index is 1.65. The first-order chi connectivity index (χ1) is 11.3. The third-order valence-corrected chi connectivity index (χ3v) is 3.54. The number of aromatic nitrogens is 3. The highest BCUT2D eigenvalue weighted by molar-refractivity contribution is 5.82. The zero-order valence-corrected chi connectivity index (χ0v) is 12.5. The van der Waals surface area contributed by atoms with Gasteiger partial charge < -0.3 is 13.7 Å². The fourth-order valence-electron chi connectivity index (χ4n) is 2.39. The SMILES string of the molecule is CN(Cc1ccco1)c1nncc(-c2cc3ccccc3o2)n1. The van der Waals surface area contributed by atoms with Gasteiger partial charge in [-0.15, -0.1) is 5.10 Å². The molecule has 3 aromatic heterocycles. The normalized spacial score (nSPS) is 11.0. The quantitative estimate of drug-likeness (QED) is 0.574. The fourth-order valence-corrected chi connectivity index (χ4v) is 2.39. The van der Waals surface area contributed by atoms with Crippen LogP contribution in [0.15, 0.2) is 63.8 Å². The Morgan fingerprint density at radius 1 is 1.13 bits per heavy atom. The summed E-state index contributed by atoms with van der Waals surface area (Å²) in [6, 6.07) is 13.6. The third kappa shape index (κ3) is 2.66. The Morgan fingerprint density at radius 2 is 2.04 bits per heavy atom. The molecule has 23 heavy (non-hydrogen) atoms. The lowest BCUT2D eigenvalue weighted by Gasteiger charge is -2.14. The summed E-state index contributed by atoms with van der Waals surface area (Å²) in [6.45, 7) is 0.568. The van der Waals surface area contributed by atoms with Crippen molar-refractivity contribution < 1.29 is 8.83 Å². The van der Waals surface area contributed by atoms with Crippen molar-refractivity contribution in [3.63, 3.8) is 0 Å². The first kappa shape index (κ1) is 13.5. The largest absolute Gasteiger partial charge is 0.467 e. The molecule has 0 N–H and O–H groups in total. The van der Waals surface area contributed by atoms with Gasteiger partial charge in [0.2, 0.25) is 5.95 Å². The minimum Gasteiger partial charge on any atom is -0.467 e. The Labute approximate surface area is 132 Å². The van der Waals surface area contributed by atoms with E-state index in [0.717, 1.165) is 16.7 Å². The van der Waals surface area contributed by atoms with Crippen LogP contribution in [-0.2, 0) is 6.54 Å². The molecule has 0 saturated heterocycles. The Bertz CT molecular complexity index is 898. The standard InChI is InChI=1S/C17H14N4O2/c1-21(11-13-6-4-8-22-13)17-19-14(10-18-20-17)16-9-12-5-2-3-7-15(12)23-16/h2-10H,11H2,1H3. The summed E-state index contributed by atoms with van der Waals surface area (Å²) in [6.07, 6.45) is 3.25. The average molecular weight is 306 g/mol. The molecule has 0 atom stereocenters. The van der Waals surface area contributed by atoms with Crippen molar-refractivity contribution in [1.82, 2.24) is 15.2 Å². The second-order valence-electron chi connectivity index (χ2n) is 5.23. The van der Waals surface area contributed by atoms with E-state index in [-0.39, 0.29) is 0 Å². The van der Waals surface area contributed by atoms with Crippen molar-refractivity contribution in [2.75, 3.05) is 11.9 Å². The van der Waals surface area contributed by atoms with Crippen LogP contribution < -0.4 is 4.90 Å². The molecule has 0 saturated carbocycles. The lowest BCUT2D eigenvalue weighted by molar-refractivity contribution is 0.505. The summed E-state index contributed by atoms with van der Waals surface area (Å²) in [7, 11) is 1.89. The lowest BCUT2D eigenvalue weighted by atomic mass is 10.2. The molecule has 6 heteroatoms. The molecule has 0 amide bonds. The van der Waals surface area contributed by atoms with E-state index in [0.29, 0.717) is 23.9 Å². The van der Waals surface area contributed by atoms with Crippen LogP contribution >= 0.6 is 0 Å². The van der Waals surface area contributed by atoms with Crippen molar-refractivity contribution in [3.8, 4) is 11.5 Å². The predicted octanol–water partition coefficient (Wildman–Crippen LogP) is 3.51. The third-order valence-electron chi connectivity index (χ3n) is 3.54. The van der Waals surface area contributed by atoms with E-state index >= 15 is 0 Å². The van der Waals surface area contributed by atoms with Gasteiger partial charge in [-0.1, -0.05) is 18.2 Å². The highest BCUT2D eigenvalue weighted by atomic mass is 16.3. The number of hydrogen-bond acceptors (Lipinski definition) is 6. The molecule has 6 nitrogen and oxygen atoms in total. The maximum Gasteiger partial charge on any atom is 0.246 e. The minimum atomic E-state index is 0.513. The van der Waals surface area contributed by atoms with Gasteiger partial charge in [-0.05, 0) is 24.3 Å². The van der Waals surface area contributed by atoms with E-state index < -0.39 is 0 Å². The molecule has 4 aromatic rings. The Kier molecular flexibility index (Phi) is 3.27. The van der Waals surface area contributed by atoms with Crippen LogP contribution in [-0.4, -0.2) is 22.2 Å². The van der Waals surface area contributed by atoms with Crippen LogP contribution in [0.3, 0.4) is 0 Å². The van der Waals surface area contributed by atoms with Crippen LogP contribution in [0.25, 0.3) is 22.4 Å². The van der Waals surface area contributed by atoms with Crippen molar-refractivity contribution in [2.24, 2.45) is 0 Å². The maximum absolute atomic E-state index is 5.83. The molecule has 114 valence electrons. The van der Waals surface area contributed by atoms with Crippen molar-refractivity contribution in [1.29, 1.82) is 0 Å². The molecule has 0 spiro atoms. The lowest BCUT2D eigenvalue weighted by Crippen LogP contribution is -2.19. The molecule has 1 aromatic carbocycles. The second kappa shape index (κ2) is 5.57. The smallest absolute Gasteiger partial charge is 0.246 e. The van der Waals surface area contributed by atoms with E-state index in [1.807, 2.05) is 54.4 Å². The van der Waals surface area contributed by atoms with Crippen molar-refractivity contribution in [3.05, 3.63) is 60.7 Å². The molecule has 0 radical (unpaired) electrons. The summed E-state index contributed by atoms with van der Waals surface area (Å²) in [4.78, 5) is 6.41.